The van der Waals surface area contributed by atoms with E-state index in [0.717, 1.165) is 0 Å². The summed E-state index contributed by atoms with van der Waals surface area (Å²) in [6.07, 6.45) is 0.0394. The summed E-state index contributed by atoms with van der Waals surface area (Å²) in [6.45, 7) is 2.02. The van der Waals surface area contributed by atoms with Gasteiger partial charge in [0, 0.05) is 23.1 Å². The number of ether oxygens (including phenoxy) is 1. The maximum atomic E-state index is 12.0. The summed E-state index contributed by atoms with van der Waals surface area (Å²) in [7, 11) is 0. The average Bonchev–Trinajstić information content (AvgIpc) is 2.94. The number of nitro groups is 1. The first-order chi connectivity index (χ1) is 11.0. The van der Waals surface area contributed by atoms with E-state index in [-0.39, 0.29) is 23.6 Å². The Morgan fingerprint density at radius 1 is 1.35 bits per heavy atom. The van der Waals surface area contributed by atoms with E-state index in [0.29, 0.717) is 17.4 Å². The van der Waals surface area contributed by atoms with Gasteiger partial charge in [0.1, 0.15) is 0 Å². The van der Waals surface area contributed by atoms with Crippen molar-refractivity contribution in [3.05, 3.63) is 51.0 Å². The van der Waals surface area contributed by atoms with E-state index in [4.69, 9.17) is 4.74 Å². The van der Waals surface area contributed by atoms with Gasteiger partial charge in [0.05, 0.1) is 23.6 Å². The molecule has 0 atom stereocenters. The molecule has 0 aliphatic carbocycles. The number of aromatic nitrogens is 1. The van der Waals surface area contributed by atoms with Crippen molar-refractivity contribution < 1.29 is 19.2 Å². The number of hydrogen-bond acceptors (Lipinski definition) is 7. The highest BCUT2D eigenvalue weighted by atomic mass is 32.1. The van der Waals surface area contributed by atoms with Gasteiger partial charge >= 0.3 is 5.97 Å². The lowest BCUT2D eigenvalue weighted by molar-refractivity contribution is -0.384. The second kappa shape index (κ2) is 7.45. The van der Waals surface area contributed by atoms with Gasteiger partial charge in [0.15, 0.2) is 5.13 Å². The fraction of sp³-hybridized carbons (Fsp3) is 0.214. The fourth-order valence-electron chi connectivity index (χ4n) is 1.71. The lowest BCUT2D eigenvalue weighted by atomic mass is 10.2. The minimum Gasteiger partial charge on any atom is -0.466 e. The van der Waals surface area contributed by atoms with Crippen LogP contribution in [0.4, 0.5) is 10.8 Å². The standard InChI is InChI=1S/C14H13N3O5S/c1-2-22-12(18)7-10-8-23-14(15-10)16-13(19)9-3-5-11(6-4-9)17(20)21/h3-6,8H,2,7H2,1H3,(H,15,16,19). The van der Waals surface area contributed by atoms with Gasteiger partial charge in [-0.2, -0.15) is 0 Å². The van der Waals surface area contributed by atoms with Crippen molar-refractivity contribution in [2.45, 2.75) is 13.3 Å². The molecule has 1 heterocycles. The van der Waals surface area contributed by atoms with Crippen LogP contribution < -0.4 is 5.32 Å². The first-order valence-corrected chi connectivity index (χ1v) is 7.53. The largest absolute Gasteiger partial charge is 0.466 e. The Morgan fingerprint density at radius 2 is 2.04 bits per heavy atom. The van der Waals surface area contributed by atoms with Crippen LogP contribution in [-0.4, -0.2) is 28.4 Å². The van der Waals surface area contributed by atoms with Gasteiger partial charge in [-0.05, 0) is 19.1 Å². The third kappa shape index (κ3) is 4.58. The molecule has 0 aliphatic rings. The first-order valence-electron chi connectivity index (χ1n) is 6.65. The number of rotatable bonds is 6. The summed E-state index contributed by atoms with van der Waals surface area (Å²) < 4.78 is 4.82. The Labute approximate surface area is 135 Å². The van der Waals surface area contributed by atoms with Crippen molar-refractivity contribution in [2.75, 3.05) is 11.9 Å². The fourth-order valence-corrected chi connectivity index (χ4v) is 2.41. The summed E-state index contributed by atoms with van der Waals surface area (Å²) in [6, 6.07) is 5.23. The summed E-state index contributed by atoms with van der Waals surface area (Å²) in [5, 5.41) is 15.1. The number of carbonyl (C=O) groups is 2. The number of amides is 1. The number of hydrogen-bond donors (Lipinski definition) is 1. The van der Waals surface area contributed by atoms with Crippen molar-refractivity contribution in [3.8, 4) is 0 Å². The van der Waals surface area contributed by atoms with Gasteiger partial charge in [0.25, 0.3) is 11.6 Å². The third-order valence-corrected chi connectivity index (χ3v) is 3.55. The Balaban J connectivity index is 1.99. The summed E-state index contributed by atoms with van der Waals surface area (Å²) in [4.78, 5) is 37.5. The molecule has 9 heteroatoms. The number of nitro benzene ring substituents is 1. The highest BCUT2D eigenvalue weighted by molar-refractivity contribution is 7.14. The van der Waals surface area contributed by atoms with Gasteiger partial charge in [-0.25, -0.2) is 4.98 Å². The Kier molecular flexibility index (Phi) is 5.36. The third-order valence-electron chi connectivity index (χ3n) is 2.74. The Morgan fingerprint density at radius 3 is 2.65 bits per heavy atom. The molecule has 1 amide bonds. The van der Waals surface area contributed by atoms with Gasteiger partial charge in [0.2, 0.25) is 0 Å². The molecular formula is C14H13N3O5S. The monoisotopic (exact) mass is 335 g/mol. The van der Waals surface area contributed by atoms with E-state index in [2.05, 4.69) is 10.3 Å². The van der Waals surface area contributed by atoms with Crippen LogP contribution in [-0.2, 0) is 16.0 Å². The smallest absolute Gasteiger partial charge is 0.311 e. The molecule has 0 fully saturated rings. The minimum atomic E-state index is -0.538. The molecule has 120 valence electrons. The summed E-state index contributed by atoms with van der Waals surface area (Å²) >= 11 is 1.18. The number of esters is 1. The molecule has 0 bridgehead atoms. The zero-order valence-electron chi connectivity index (χ0n) is 12.1. The van der Waals surface area contributed by atoms with Crippen molar-refractivity contribution in [1.29, 1.82) is 0 Å². The number of carbonyl (C=O) groups excluding carboxylic acids is 2. The van der Waals surface area contributed by atoms with Crippen LogP contribution in [0.15, 0.2) is 29.6 Å². The topological polar surface area (TPSA) is 111 Å². The first kappa shape index (κ1) is 16.6. The molecule has 0 radical (unpaired) electrons. The molecule has 23 heavy (non-hydrogen) atoms. The molecule has 0 unspecified atom stereocenters. The van der Waals surface area contributed by atoms with E-state index in [1.807, 2.05) is 0 Å². The van der Waals surface area contributed by atoms with Crippen LogP contribution in [0, 0.1) is 10.1 Å². The van der Waals surface area contributed by atoms with E-state index < -0.39 is 10.8 Å². The van der Waals surface area contributed by atoms with Crippen molar-refractivity contribution >= 4 is 34.0 Å². The number of nitrogens with one attached hydrogen (secondary N) is 1. The van der Waals surface area contributed by atoms with Gasteiger partial charge in [-0.15, -0.1) is 11.3 Å². The maximum Gasteiger partial charge on any atom is 0.311 e. The van der Waals surface area contributed by atoms with Crippen LogP contribution in [0.2, 0.25) is 0 Å². The van der Waals surface area contributed by atoms with Crippen LogP contribution >= 0.6 is 11.3 Å². The zero-order chi connectivity index (χ0) is 16.8. The highest BCUT2D eigenvalue weighted by Crippen LogP contribution is 2.18. The number of benzene rings is 1. The van der Waals surface area contributed by atoms with E-state index in [9.17, 15) is 19.7 Å². The normalized spacial score (nSPS) is 10.1. The van der Waals surface area contributed by atoms with Gasteiger partial charge < -0.3 is 4.74 Å². The predicted molar refractivity (Wildman–Crippen MR) is 83.5 cm³/mol. The predicted octanol–water partition coefficient (Wildman–Crippen LogP) is 2.41. The van der Waals surface area contributed by atoms with Crippen molar-refractivity contribution in [3.63, 3.8) is 0 Å². The zero-order valence-corrected chi connectivity index (χ0v) is 13.0. The Hall–Kier alpha value is -2.81. The molecule has 0 aliphatic heterocycles. The highest BCUT2D eigenvalue weighted by Gasteiger charge is 2.13. The lowest BCUT2D eigenvalue weighted by Crippen LogP contribution is -2.12. The maximum absolute atomic E-state index is 12.0. The van der Waals surface area contributed by atoms with Crippen molar-refractivity contribution in [2.24, 2.45) is 0 Å². The van der Waals surface area contributed by atoms with Crippen LogP contribution in [0.1, 0.15) is 23.0 Å². The minimum absolute atomic E-state index is 0.0394. The molecular weight excluding hydrogens is 322 g/mol. The van der Waals surface area contributed by atoms with Crippen LogP contribution in [0.3, 0.4) is 0 Å². The number of anilines is 1. The van der Waals surface area contributed by atoms with Gasteiger partial charge in [-0.3, -0.25) is 25.0 Å². The number of thiazole rings is 1. The van der Waals surface area contributed by atoms with E-state index >= 15 is 0 Å². The summed E-state index contributed by atoms with van der Waals surface area (Å²) in [5.74, 6) is -0.817. The molecule has 0 saturated carbocycles. The lowest BCUT2D eigenvalue weighted by Gasteiger charge is -2.01. The van der Waals surface area contributed by atoms with Gasteiger partial charge in [-0.1, -0.05) is 0 Å². The molecule has 1 N–H and O–H groups in total. The molecule has 2 rings (SSSR count). The second-order valence-electron chi connectivity index (χ2n) is 4.38. The van der Waals surface area contributed by atoms with Crippen LogP contribution in [0.25, 0.3) is 0 Å². The average molecular weight is 335 g/mol. The molecule has 1 aromatic carbocycles. The quantitative estimate of drug-likeness (QED) is 0.493. The molecule has 0 spiro atoms. The summed E-state index contributed by atoms with van der Waals surface area (Å²) in [5.41, 5.74) is 0.692. The second-order valence-corrected chi connectivity index (χ2v) is 5.24. The van der Waals surface area contributed by atoms with Crippen molar-refractivity contribution in [1.82, 2.24) is 4.98 Å². The SMILES string of the molecule is CCOC(=O)Cc1csc(NC(=O)c2ccc([N+](=O)[O-])cc2)n1. The van der Waals surface area contributed by atoms with E-state index in [1.54, 1.807) is 12.3 Å². The Bertz CT molecular complexity index is 726. The molecule has 8 nitrogen and oxygen atoms in total. The van der Waals surface area contributed by atoms with Crippen LogP contribution in [0.5, 0.6) is 0 Å². The van der Waals surface area contributed by atoms with E-state index in [1.165, 1.54) is 35.6 Å². The molecule has 0 saturated heterocycles. The molecule has 2 aromatic rings. The number of nitrogens with zero attached hydrogens (tertiary/aromatic N) is 2. The molecule has 1 aromatic heterocycles. The number of non-ortho nitro benzene ring substituents is 1.